The largest absolute Gasteiger partial charge is 0.481 e. The monoisotopic (exact) mass is 385 g/mol. The summed E-state index contributed by atoms with van der Waals surface area (Å²) in [5.74, 6) is -1.07. The number of carbonyl (C=O) groups excluding carboxylic acids is 1. The summed E-state index contributed by atoms with van der Waals surface area (Å²) in [6, 6.07) is 9.47. The van der Waals surface area contributed by atoms with E-state index < -0.39 is 5.97 Å². The molecule has 0 radical (unpaired) electrons. The van der Waals surface area contributed by atoms with E-state index in [1.165, 1.54) is 0 Å². The maximum atomic E-state index is 12.9. The second kappa shape index (κ2) is 9.01. The molecule has 1 aromatic heterocycles. The highest BCUT2D eigenvalue weighted by molar-refractivity contribution is 5.94. The number of carboxylic acids is 1. The van der Waals surface area contributed by atoms with Crippen LogP contribution in [0.5, 0.6) is 0 Å². The molecule has 0 aliphatic carbocycles. The number of aliphatic carboxylic acids is 1. The predicted octanol–water partition coefficient (Wildman–Crippen LogP) is 2.64. The predicted molar refractivity (Wildman–Crippen MR) is 104 cm³/mol. The SMILES string of the molecule is Cc1cc(C)n(Cc2ccc(C(=O)N(CCC(=O)O)CC3CCCO3)cc2)n1. The fraction of sp³-hybridized carbons (Fsp3) is 0.476. The number of hydrogen-bond acceptors (Lipinski definition) is 4. The third-order valence-corrected chi connectivity index (χ3v) is 4.97. The molecular formula is C21H27N3O4. The number of ether oxygens (including phenoxy) is 1. The molecule has 1 aliphatic rings. The lowest BCUT2D eigenvalue weighted by Crippen LogP contribution is -2.38. The van der Waals surface area contributed by atoms with Crippen LogP contribution in [-0.2, 0) is 16.1 Å². The lowest BCUT2D eigenvalue weighted by molar-refractivity contribution is -0.137. The summed E-state index contributed by atoms with van der Waals surface area (Å²) in [6.07, 6.45) is 1.79. The van der Waals surface area contributed by atoms with Gasteiger partial charge in [-0.15, -0.1) is 0 Å². The highest BCUT2D eigenvalue weighted by Crippen LogP contribution is 2.16. The number of benzene rings is 1. The molecule has 7 heteroatoms. The molecule has 1 fully saturated rings. The Morgan fingerprint density at radius 2 is 2.04 bits per heavy atom. The first-order valence-corrected chi connectivity index (χ1v) is 9.65. The summed E-state index contributed by atoms with van der Waals surface area (Å²) in [5, 5.41) is 13.5. The van der Waals surface area contributed by atoms with Gasteiger partial charge in [0.1, 0.15) is 0 Å². The third kappa shape index (κ3) is 5.19. The van der Waals surface area contributed by atoms with E-state index in [1.54, 1.807) is 17.0 Å². The van der Waals surface area contributed by atoms with Gasteiger partial charge in [0.25, 0.3) is 5.91 Å². The third-order valence-electron chi connectivity index (χ3n) is 4.97. The Bertz CT molecular complexity index is 823. The van der Waals surface area contributed by atoms with E-state index >= 15 is 0 Å². The maximum Gasteiger partial charge on any atom is 0.305 e. The van der Waals surface area contributed by atoms with Gasteiger partial charge in [-0.3, -0.25) is 14.3 Å². The second-order valence-corrected chi connectivity index (χ2v) is 7.31. The van der Waals surface area contributed by atoms with Gasteiger partial charge >= 0.3 is 5.97 Å². The van der Waals surface area contributed by atoms with Crippen LogP contribution in [0, 0.1) is 13.8 Å². The molecule has 0 spiro atoms. The van der Waals surface area contributed by atoms with Crippen LogP contribution in [0.1, 0.15) is 46.6 Å². The van der Waals surface area contributed by atoms with Crippen molar-refractivity contribution < 1.29 is 19.4 Å². The summed E-state index contributed by atoms with van der Waals surface area (Å²) >= 11 is 0. The average Bonchev–Trinajstić information content (AvgIpc) is 3.28. The van der Waals surface area contributed by atoms with E-state index in [0.29, 0.717) is 25.3 Å². The average molecular weight is 385 g/mol. The Morgan fingerprint density at radius 1 is 1.29 bits per heavy atom. The molecule has 1 unspecified atom stereocenters. The molecular weight excluding hydrogens is 358 g/mol. The van der Waals surface area contributed by atoms with Crippen LogP contribution in [0.4, 0.5) is 0 Å². The van der Waals surface area contributed by atoms with Gasteiger partial charge in [-0.1, -0.05) is 12.1 Å². The maximum absolute atomic E-state index is 12.9. The number of nitrogens with zero attached hydrogens (tertiary/aromatic N) is 3. The molecule has 1 aliphatic heterocycles. The van der Waals surface area contributed by atoms with Crippen molar-refractivity contribution in [2.45, 2.75) is 45.8 Å². The molecule has 1 aromatic carbocycles. The minimum atomic E-state index is -0.912. The summed E-state index contributed by atoms with van der Waals surface area (Å²) in [6.45, 7) is 5.94. The number of rotatable bonds is 8. The highest BCUT2D eigenvalue weighted by atomic mass is 16.5. The van der Waals surface area contributed by atoms with Crippen molar-refractivity contribution in [1.82, 2.24) is 14.7 Å². The number of aromatic nitrogens is 2. The first-order valence-electron chi connectivity index (χ1n) is 9.65. The van der Waals surface area contributed by atoms with Gasteiger partial charge in [-0.25, -0.2) is 0 Å². The van der Waals surface area contributed by atoms with Crippen LogP contribution < -0.4 is 0 Å². The Kier molecular flexibility index (Phi) is 6.46. The fourth-order valence-corrected chi connectivity index (χ4v) is 3.48. The van der Waals surface area contributed by atoms with Gasteiger partial charge in [0, 0.05) is 31.0 Å². The molecule has 3 rings (SSSR count). The van der Waals surface area contributed by atoms with E-state index in [-0.39, 0.29) is 25.0 Å². The van der Waals surface area contributed by atoms with Crippen LogP contribution in [0.25, 0.3) is 0 Å². The molecule has 2 aromatic rings. The number of carbonyl (C=O) groups is 2. The summed E-state index contributed by atoms with van der Waals surface area (Å²) < 4.78 is 7.56. The van der Waals surface area contributed by atoms with Gasteiger partial charge in [0.2, 0.25) is 0 Å². The van der Waals surface area contributed by atoms with Crippen molar-refractivity contribution >= 4 is 11.9 Å². The zero-order valence-electron chi connectivity index (χ0n) is 16.4. The minimum absolute atomic E-state index is 0.0111. The quantitative estimate of drug-likeness (QED) is 0.755. The van der Waals surface area contributed by atoms with Crippen LogP contribution in [0.3, 0.4) is 0 Å². The molecule has 1 amide bonds. The van der Waals surface area contributed by atoms with Crippen LogP contribution >= 0.6 is 0 Å². The number of aryl methyl sites for hydroxylation is 2. The van der Waals surface area contributed by atoms with Crippen molar-refractivity contribution in [2.75, 3.05) is 19.7 Å². The normalized spacial score (nSPS) is 16.3. The zero-order chi connectivity index (χ0) is 20.1. The first kappa shape index (κ1) is 20.1. The van der Waals surface area contributed by atoms with Gasteiger partial charge < -0.3 is 14.7 Å². The molecule has 0 saturated carbocycles. The van der Waals surface area contributed by atoms with Gasteiger partial charge in [-0.2, -0.15) is 5.10 Å². The topological polar surface area (TPSA) is 84.7 Å². The van der Waals surface area contributed by atoms with E-state index in [4.69, 9.17) is 9.84 Å². The van der Waals surface area contributed by atoms with E-state index in [0.717, 1.165) is 29.8 Å². The Hall–Kier alpha value is -2.67. The molecule has 1 N–H and O–H groups in total. The second-order valence-electron chi connectivity index (χ2n) is 7.31. The standard InChI is InChI=1S/C21H27N3O4/c1-15-12-16(2)24(22-15)13-17-5-7-18(8-6-17)21(27)23(10-9-20(25)26)14-19-4-3-11-28-19/h5-8,12,19H,3-4,9-11,13-14H2,1-2H3,(H,25,26). The van der Waals surface area contributed by atoms with Crippen LogP contribution in [0.15, 0.2) is 30.3 Å². The van der Waals surface area contributed by atoms with Gasteiger partial charge in [-0.05, 0) is 50.5 Å². The smallest absolute Gasteiger partial charge is 0.305 e. The minimum Gasteiger partial charge on any atom is -0.481 e. The van der Waals surface area contributed by atoms with Crippen LogP contribution in [-0.4, -0.2) is 57.5 Å². The Balaban J connectivity index is 1.68. The first-order chi connectivity index (χ1) is 13.4. The molecule has 28 heavy (non-hydrogen) atoms. The molecule has 2 heterocycles. The summed E-state index contributed by atoms with van der Waals surface area (Å²) in [4.78, 5) is 25.5. The lowest BCUT2D eigenvalue weighted by atomic mass is 10.1. The van der Waals surface area contributed by atoms with Crippen molar-refractivity contribution in [3.63, 3.8) is 0 Å². The Morgan fingerprint density at radius 3 is 2.61 bits per heavy atom. The molecule has 1 saturated heterocycles. The molecule has 0 bridgehead atoms. The summed E-state index contributed by atoms with van der Waals surface area (Å²) in [5.41, 5.74) is 3.68. The highest BCUT2D eigenvalue weighted by Gasteiger charge is 2.24. The lowest BCUT2D eigenvalue weighted by Gasteiger charge is -2.25. The number of amides is 1. The Labute approximate surface area is 164 Å². The fourth-order valence-electron chi connectivity index (χ4n) is 3.48. The van der Waals surface area contributed by atoms with E-state index in [2.05, 4.69) is 5.10 Å². The molecule has 7 nitrogen and oxygen atoms in total. The zero-order valence-corrected chi connectivity index (χ0v) is 16.4. The van der Waals surface area contributed by atoms with Crippen molar-refractivity contribution in [3.8, 4) is 0 Å². The van der Waals surface area contributed by atoms with Gasteiger partial charge in [0.15, 0.2) is 0 Å². The summed E-state index contributed by atoms with van der Waals surface area (Å²) in [7, 11) is 0. The van der Waals surface area contributed by atoms with Gasteiger partial charge in [0.05, 0.1) is 24.8 Å². The van der Waals surface area contributed by atoms with Crippen molar-refractivity contribution in [1.29, 1.82) is 0 Å². The molecule has 1 atom stereocenters. The van der Waals surface area contributed by atoms with Crippen molar-refractivity contribution in [2.24, 2.45) is 0 Å². The van der Waals surface area contributed by atoms with E-state index in [1.807, 2.05) is 36.7 Å². The van der Waals surface area contributed by atoms with E-state index in [9.17, 15) is 9.59 Å². The number of carboxylic acid groups (broad SMARTS) is 1. The number of hydrogen-bond donors (Lipinski definition) is 1. The molecule has 150 valence electrons. The van der Waals surface area contributed by atoms with Crippen LogP contribution in [0.2, 0.25) is 0 Å². The van der Waals surface area contributed by atoms with Crippen molar-refractivity contribution in [3.05, 3.63) is 52.8 Å².